The first kappa shape index (κ1) is 11.3. The molecule has 1 aromatic rings. The van der Waals surface area contributed by atoms with Gasteiger partial charge in [0.25, 0.3) is 0 Å². The molecule has 0 bridgehead atoms. The molecule has 1 N–H and O–H groups in total. The van der Waals surface area contributed by atoms with Gasteiger partial charge >= 0.3 is 5.97 Å². The van der Waals surface area contributed by atoms with Crippen LogP contribution in [0.15, 0.2) is 12.1 Å². The number of hydrogen-bond donors (Lipinski definition) is 1. The van der Waals surface area contributed by atoms with Gasteiger partial charge in [-0.2, -0.15) is 5.26 Å². The minimum Gasteiger partial charge on any atom is -0.481 e. The second-order valence-electron chi connectivity index (χ2n) is 3.42. The van der Waals surface area contributed by atoms with Crippen LogP contribution in [0.2, 0.25) is 0 Å². The first-order chi connectivity index (χ1) is 7.10. The predicted molar refractivity (Wildman–Crippen MR) is 56.6 cm³/mol. The van der Waals surface area contributed by atoms with E-state index in [0.717, 1.165) is 23.1 Å². The lowest BCUT2D eigenvalue weighted by molar-refractivity contribution is -0.136. The van der Waals surface area contributed by atoms with Crippen molar-refractivity contribution in [1.29, 1.82) is 5.26 Å². The summed E-state index contributed by atoms with van der Waals surface area (Å²) in [7, 11) is 0. The molecule has 0 aliphatic carbocycles. The fourth-order valence-corrected chi connectivity index (χ4v) is 1.62. The van der Waals surface area contributed by atoms with Gasteiger partial charge in [-0.3, -0.25) is 4.79 Å². The van der Waals surface area contributed by atoms with Crippen LogP contribution in [0.1, 0.15) is 29.2 Å². The Morgan fingerprint density at radius 3 is 2.53 bits per heavy atom. The number of nitrogens with zero attached hydrogens (tertiary/aromatic N) is 1. The maximum absolute atomic E-state index is 10.6. The van der Waals surface area contributed by atoms with Crippen molar-refractivity contribution in [2.45, 2.75) is 26.7 Å². The Labute approximate surface area is 89.0 Å². The third-order valence-electron chi connectivity index (χ3n) is 2.50. The van der Waals surface area contributed by atoms with Crippen molar-refractivity contribution >= 4 is 5.97 Å². The maximum atomic E-state index is 10.6. The standard InChI is InChI=1S/C12H13NO2/c1-3-9-4-5-10(6-12(14)15)8(2)11(9)7-13/h4-5H,3,6H2,1-2H3,(H,14,15). The average molecular weight is 203 g/mol. The molecule has 0 aliphatic rings. The summed E-state index contributed by atoms with van der Waals surface area (Å²) >= 11 is 0. The highest BCUT2D eigenvalue weighted by Crippen LogP contribution is 2.19. The Hall–Kier alpha value is -1.82. The van der Waals surface area contributed by atoms with Gasteiger partial charge < -0.3 is 5.11 Å². The van der Waals surface area contributed by atoms with Gasteiger partial charge in [0.15, 0.2) is 0 Å². The summed E-state index contributed by atoms with van der Waals surface area (Å²) in [5.74, 6) is -0.869. The monoisotopic (exact) mass is 203 g/mol. The highest BCUT2D eigenvalue weighted by atomic mass is 16.4. The van der Waals surface area contributed by atoms with Gasteiger partial charge in [-0.05, 0) is 30.0 Å². The molecule has 3 nitrogen and oxygen atoms in total. The van der Waals surface area contributed by atoms with E-state index >= 15 is 0 Å². The van der Waals surface area contributed by atoms with Crippen LogP contribution in [0.25, 0.3) is 0 Å². The average Bonchev–Trinajstić information content (AvgIpc) is 2.20. The molecule has 0 aliphatic heterocycles. The Balaban J connectivity index is 3.24. The fraction of sp³-hybridized carbons (Fsp3) is 0.333. The molecule has 3 heteroatoms. The summed E-state index contributed by atoms with van der Waals surface area (Å²) in [5.41, 5.74) is 3.11. The minimum atomic E-state index is -0.869. The van der Waals surface area contributed by atoms with Gasteiger partial charge in [0.05, 0.1) is 18.1 Å². The molecular weight excluding hydrogens is 190 g/mol. The van der Waals surface area contributed by atoms with Gasteiger partial charge in [-0.25, -0.2) is 0 Å². The van der Waals surface area contributed by atoms with Gasteiger partial charge in [0.1, 0.15) is 0 Å². The highest BCUT2D eigenvalue weighted by Gasteiger charge is 2.10. The van der Waals surface area contributed by atoms with E-state index in [1.54, 1.807) is 13.0 Å². The third-order valence-corrected chi connectivity index (χ3v) is 2.50. The molecule has 78 valence electrons. The third kappa shape index (κ3) is 2.35. The highest BCUT2D eigenvalue weighted by molar-refractivity contribution is 5.71. The molecule has 0 fully saturated rings. The summed E-state index contributed by atoms with van der Waals surface area (Å²) in [6.07, 6.45) is 0.765. The van der Waals surface area contributed by atoms with Crippen LogP contribution in [0.4, 0.5) is 0 Å². The smallest absolute Gasteiger partial charge is 0.307 e. The summed E-state index contributed by atoms with van der Waals surface area (Å²) < 4.78 is 0. The Bertz CT molecular complexity index is 430. The zero-order chi connectivity index (χ0) is 11.4. The number of carbonyl (C=O) groups is 1. The second-order valence-corrected chi connectivity index (χ2v) is 3.42. The Kier molecular flexibility index (Phi) is 3.46. The molecule has 0 spiro atoms. The van der Waals surface area contributed by atoms with Crippen LogP contribution in [0, 0.1) is 18.3 Å². The number of aliphatic carboxylic acids is 1. The van der Waals surface area contributed by atoms with E-state index in [9.17, 15) is 4.79 Å². The normalized spacial score (nSPS) is 9.67. The van der Waals surface area contributed by atoms with Crippen LogP contribution in [0.3, 0.4) is 0 Å². The lowest BCUT2D eigenvalue weighted by Gasteiger charge is -2.08. The maximum Gasteiger partial charge on any atom is 0.307 e. The van der Waals surface area contributed by atoms with E-state index in [1.807, 2.05) is 13.0 Å². The van der Waals surface area contributed by atoms with Crippen molar-refractivity contribution in [3.8, 4) is 6.07 Å². The van der Waals surface area contributed by atoms with Crippen LogP contribution >= 0.6 is 0 Å². The number of nitriles is 1. The van der Waals surface area contributed by atoms with E-state index in [1.165, 1.54) is 0 Å². The van der Waals surface area contributed by atoms with Gasteiger partial charge in [0.2, 0.25) is 0 Å². The van der Waals surface area contributed by atoms with Crippen molar-refractivity contribution < 1.29 is 9.90 Å². The van der Waals surface area contributed by atoms with Crippen molar-refractivity contribution in [2.24, 2.45) is 0 Å². The predicted octanol–water partition coefficient (Wildman–Crippen LogP) is 2.06. The van der Waals surface area contributed by atoms with Crippen molar-refractivity contribution in [2.75, 3.05) is 0 Å². The van der Waals surface area contributed by atoms with Gasteiger partial charge in [-0.1, -0.05) is 19.1 Å². The molecular formula is C12H13NO2. The van der Waals surface area contributed by atoms with E-state index in [2.05, 4.69) is 6.07 Å². The van der Waals surface area contributed by atoms with Crippen molar-refractivity contribution in [1.82, 2.24) is 0 Å². The molecule has 0 saturated carbocycles. The zero-order valence-electron chi connectivity index (χ0n) is 8.87. The fourth-order valence-electron chi connectivity index (χ4n) is 1.62. The lowest BCUT2D eigenvalue weighted by Crippen LogP contribution is -2.04. The first-order valence-corrected chi connectivity index (χ1v) is 4.83. The SMILES string of the molecule is CCc1ccc(CC(=O)O)c(C)c1C#N. The summed E-state index contributed by atoms with van der Waals surface area (Å²) in [4.78, 5) is 10.6. The lowest BCUT2D eigenvalue weighted by atomic mass is 9.95. The first-order valence-electron chi connectivity index (χ1n) is 4.83. The number of carboxylic acid groups (broad SMARTS) is 1. The van der Waals surface area contributed by atoms with Crippen molar-refractivity contribution in [3.63, 3.8) is 0 Å². The second kappa shape index (κ2) is 4.61. The molecule has 1 aromatic carbocycles. The minimum absolute atomic E-state index is 0.0233. The van der Waals surface area contributed by atoms with E-state index < -0.39 is 5.97 Å². The van der Waals surface area contributed by atoms with Gasteiger partial charge in [0, 0.05) is 0 Å². The Morgan fingerprint density at radius 2 is 2.07 bits per heavy atom. The van der Waals surface area contributed by atoms with Crippen LogP contribution in [0.5, 0.6) is 0 Å². The summed E-state index contributed by atoms with van der Waals surface area (Å²) in [5, 5.41) is 17.7. The number of hydrogen-bond acceptors (Lipinski definition) is 2. The molecule has 15 heavy (non-hydrogen) atoms. The van der Waals surface area contributed by atoms with Crippen molar-refractivity contribution in [3.05, 3.63) is 34.4 Å². The molecule has 0 unspecified atom stereocenters. The molecule has 0 radical (unpaired) electrons. The Morgan fingerprint density at radius 1 is 1.47 bits per heavy atom. The summed E-state index contributed by atoms with van der Waals surface area (Å²) in [6.45, 7) is 3.78. The largest absolute Gasteiger partial charge is 0.481 e. The van der Waals surface area contributed by atoms with E-state index in [0.29, 0.717) is 5.56 Å². The molecule has 1 rings (SSSR count). The number of aryl methyl sites for hydroxylation is 1. The summed E-state index contributed by atoms with van der Waals surface area (Å²) in [6, 6.07) is 5.77. The van der Waals surface area contributed by atoms with Gasteiger partial charge in [-0.15, -0.1) is 0 Å². The molecule has 0 amide bonds. The van der Waals surface area contributed by atoms with Crippen LogP contribution in [-0.4, -0.2) is 11.1 Å². The van der Waals surface area contributed by atoms with E-state index in [4.69, 9.17) is 10.4 Å². The molecule has 0 heterocycles. The topological polar surface area (TPSA) is 61.1 Å². The van der Waals surface area contributed by atoms with E-state index in [-0.39, 0.29) is 6.42 Å². The molecule has 0 aromatic heterocycles. The number of carboxylic acids is 1. The molecule has 0 atom stereocenters. The van der Waals surface area contributed by atoms with Crippen LogP contribution in [-0.2, 0) is 17.6 Å². The van der Waals surface area contributed by atoms with Crippen LogP contribution < -0.4 is 0 Å². The quantitative estimate of drug-likeness (QED) is 0.817. The number of benzene rings is 1. The number of rotatable bonds is 3. The zero-order valence-corrected chi connectivity index (χ0v) is 8.87. The molecule has 0 saturated heterocycles.